The van der Waals surface area contributed by atoms with Gasteiger partial charge in [-0.15, -0.1) is 0 Å². The minimum atomic E-state index is -0.349. The van der Waals surface area contributed by atoms with Crippen LogP contribution in [0.4, 0.5) is 4.39 Å². The van der Waals surface area contributed by atoms with Crippen LogP contribution in [0.3, 0.4) is 0 Å². The lowest BCUT2D eigenvalue weighted by atomic mass is 10.1. The first-order valence-electron chi connectivity index (χ1n) is 5.52. The SMILES string of the molecule is COc1cccc(CN(CC#N)C(C)C)c1F. The van der Waals surface area contributed by atoms with Crippen LogP contribution in [0, 0.1) is 17.1 Å². The standard InChI is InChI=1S/C13H17FN2O/c1-10(2)16(8-7-15)9-11-5-4-6-12(17-3)13(11)14/h4-6,10H,8-9H2,1-3H3. The molecule has 1 aromatic carbocycles. The zero-order valence-corrected chi connectivity index (χ0v) is 10.4. The van der Waals surface area contributed by atoms with Gasteiger partial charge in [0.2, 0.25) is 0 Å². The van der Waals surface area contributed by atoms with E-state index in [2.05, 4.69) is 6.07 Å². The second-order valence-corrected chi connectivity index (χ2v) is 4.09. The Hall–Kier alpha value is -1.60. The first kappa shape index (κ1) is 13.5. The molecule has 0 bridgehead atoms. The van der Waals surface area contributed by atoms with Crippen molar-refractivity contribution in [3.05, 3.63) is 29.6 Å². The van der Waals surface area contributed by atoms with Crippen molar-refractivity contribution in [1.29, 1.82) is 5.26 Å². The molecular weight excluding hydrogens is 219 g/mol. The molecule has 0 aliphatic carbocycles. The minimum absolute atomic E-state index is 0.195. The molecule has 0 amide bonds. The zero-order chi connectivity index (χ0) is 12.8. The van der Waals surface area contributed by atoms with E-state index in [1.54, 1.807) is 18.2 Å². The van der Waals surface area contributed by atoms with Crippen LogP contribution in [-0.4, -0.2) is 24.6 Å². The van der Waals surface area contributed by atoms with Gasteiger partial charge in [0.15, 0.2) is 11.6 Å². The second-order valence-electron chi connectivity index (χ2n) is 4.09. The van der Waals surface area contributed by atoms with E-state index in [0.29, 0.717) is 12.1 Å². The van der Waals surface area contributed by atoms with Gasteiger partial charge in [0.05, 0.1) is 19.7 Å². The van der Waals surface area contributed by atoms with Crippen molar-refractivity contribution in [3.8, 4) is 11.8 Å². The van der Waals surface area contributed by atoms with Gasteiger partial charge in [-0.2, -0.15) is 5.26 Å². The normalized spacial score (nSPS) is 10.6. The molecule has 0 radical (unpaired) electrons. The van der Waals surface area contributed by atoms with Gasteiger partial charge in [-0.3, -0.25) is 4.90 Å². The van der Waals surface area contributed by atoms with Crippen LogP contribution in [-0.2, 0) is 6.54 Å². The first-order valence-corrected chi connectivity index (χ1v) is 5.52. The fraction of sp³-hybridized carbons (Fsp3) is 0.462. The molecule has 0 saturated heterocycles. The summed E-state index contributed by atoms with van der Waals surface area (Å²) in [6.45, 7) is 4.66. The molecule has 0 aromatic heterocycles. The summed E-state index contributed by atoms with van der Waals surface area (Å²) in [6, 6.07) is 7.34. The van der Waals surface area contributed by atoms with Crippen molar-refractivity contribution >= 4 is 0 Å². The largest absolute Gasteiger partial charge is 0.494 e. The molecular formula is C13H17FN2O. The number of ether oxygens (including phenoxy) is 1. The van der Waals surface area contributed by atoms with Crippen LogP contribution in [0.15, 0.2) is 18.2 Å². The van der Waals surface area contributed by atoms with Gasteiger partial charge in [-0.25, -0.2) is 4.39 Å². The highest BCUT2D eigenvalue weighted by Gasteiger charge is 2.14. The Labute approximate surface area is 101 Å². The number of halogens is 1. The van der Waals surface area contributed by atoms with E-state index in [1.807, 2.05) is 18.7 Å². The Kier molecular flexibility index (Phi) is 4.92. The lowest BCUT2D eigenvalue weighted by Crippen LogP contribution is -2.31. The molecule has 0 aliphatic rings. The number of nitrogens with zero attached hydrogens (tertiary/aromatic N) is 2. The molecule has 0 N–H and O–H groups in total. The molecule has 0 saturated carbocycles. The first-order chi connectivity index (χ1) is 8.10. The summed E-state index contributed by atoms with van der Waals surface area (Å²) < 4.78 is 18.8. The molecule has 3 nitrogen and oxygen atoms in total. The Bertz CT molecular complexity index is 412. The number of methoxy groups -OCH3 is 1. The monoisotopic (exact) mass is 236 g/mol. The van der Waals surface area contributed by atoms with Crippen molar-refractivity contribution < 1.29 is 9.13 Å². The Balaban J connectivity index is 2.90. The maximum absolute atomic E-state index is 13.9. The third kappa shape index (κ3) is 3.43. The van der Waals surface area contributed by atoms with E-state index < -0.39 is 0 Å². The van der Waals surface area contributed by atoms with E-state index in [-0.39, 0.29) is 24.2 Å². The van der Waals surface area contributed by atoms with Crippen molar-refractivity contribution in [1.82, 2.24) is 4.90 Å². The van der Waals surface area contributed by atoms with Gasteiger partial charge in [0.25, 0.3) is 0 Å². The predicted octanol–water partition coefficient (Wildman–Crippen LogP) is 2.57. The number of rotatable bonds is 5. The predicted molar refractivity (Wildman–Crippen MR) is 64.1 cm³/mol. The molecule has 92 valence electrons. The Morgan fingerprint density at radius 2 is 2.18 bits per heavy atom. The van der Waals surface area contributed by atoms with E-state index in [4.69, 9.17) is 10.00 Å². The third-order valence-electron chi connectivity index (χ3n) is 2.64. The zero-order valence-electron chi connectivity index (χ0n) is 10.4. The Morgan fingerprint density at radius 3 is 2.71 bits per heavy atom. The van der Waals surface area contributed by atoms with Crippen molar-refractivity contribution in [2.45, 2.75) is 26.4 Å². The van der Waals surface area contributed by atoms with E-state index >= 15 is 0 Å². The highest BCUT2D eigenvalue weighted by molar-refractivity contribution is 5.31. The highest BCUT2D eigenvalue weighted by Crippen LogP contribution is 2.21. The molecule has 0 spiro atoms. The molecule has 1 aromatic rings. The molecule has 0 unspecified atom stereocenters. The van der Waals surface area contributed by atoms with E-state index in [1.165, 1.54) is 7.11 Å². The van der Waals surface area contributed by atoms with Crippen LogP contribution < -0.4 is 4.74 Å². The molecule has 0 atom stereocenters. The molecule has 1 rings (SSSR count). The van der Waals surface area contributed by atoms with Gasteiger partial charge < -0.3 is 4.74 Å². The van der Waals surface area contributed by atoms with Crippen LogP contribution in [0.5, 0.6) is 5.75 Å². The molecule has 0 aliphatic heterocycles. The van der Waals surface area contributed by atoms with Crippen molar-refractivity contribution in [2.24, 2.45) is 0 Å². The van der Waals surface area contributed by atoms with Gasteiger partial charge in [0.1, 0.15) is 0 Å². The summed E-state index contributed by atoms with van der Waals surface area (Å²) in [4.78, 5) is 1.90. The fourth-order valence-corrected chi connectivity index (χ4v) is 1.57. The molecule has 17 heavy (non-hydrogen) atoms. The summed E-state index contributed by atoms with van der Waals surface area (Å²) in [5.74, 6) is -0.109. The summed E-state index contributed by atoms with van der Waals surface area (Å²) in [5.41, 5.74) is 0.549. The number of nitriles is 1. The summed E-state index contributed by atoms with van der Waals surface area (Å²) in [5, 5.41) is 8.72. The van der Waals surface area contributed by atoms with E-state index in [0.717, 1.165) is 0 Å². The van der Waals surface area contributed by atoms with Gasteiger partial charge in [-0.1, -0.05) is 12.1 Å². The summed E-state index contributed by atoms with van der Waals surface area (Å²) in [6.07, 6.45) is 0. The van der Waals surface area contributed by atoms with Crippen LogP contribution in [0.2, 0.25) is 0 Å². The van der Waals surface area contributed by atoms with Crippen LogP contribution in [0.25, 0.3) is 0 Å². The lowest BCUT2D eigenvalue weighted by molar-refractivity contribution is 0.236. The summed E-state index contributed by atoms with van der Waals surface area (Å²) >= 11 is 0. The average Bonchev–Trinajstić information content (AvgIpc) is 2.30. The molecule has 0 fully saturated rings. The molecule has 4 heteroatoms. The van der Waals surface area contributed by atoms with Crippen molar-refractivity contribution in [2.75, 3.05) is 13.7 Å². The third-order valence-corrected chi connectivity index (χ3v) is 2.64. The molecule has 0 heterocycles. The topological polar surface area (TPSA) is 36.3 Å². The fourth-order valence-electron chi connectivity index (χ4n) is 1.57. The van der Waals surface area contributed by atoms with Crippen LogP contribution >= 0.6 is 0 Å². The van der Waals surface area contributed by atoms with Crippen molar-refractivity contribution in [3.63, 3.8) is 0 Å². The van der Waals surface area contributed by atoms with E-state index in [9.17, 15) is 4.39 Å². The Morgan fingerprint density at radius 1 is 1.47 bits per heavy atom. The highest BCUT2D eigenvalue weighted by atomic mass is 19.1. The van der Waals surface area contributed by atoms with Gasteiger partial charge in [0, 0.05) is 18.2 Å². The average molecular weight is 236 g/mol. The number of benzene rings is 1. The summed E-state index contributed by atoms with van der Waals surface area (Å²) in [7, 11) is 1.44. The number of hydrogen-bond acceptors (Lipinski definition) is 3. The van der Waals surface area contributed by atoms with Gasteiger partial charge in [-0.05, 0) is 19.9 Å². The van der Waals surface area contributed by atoms with Gasteiger partial charge >= 0.3 is 0 Å². The quantitative estimate of drug-likeness (QED) is 0.737. The smallest absolute Gasteiger partial charge is 0.169 e. The second kappa shape index (κ2) is 6.21. The maximum atomic E-state index is 13.9. The maximum Gasteiger partial charge on any atom is 0.169 e. The van der Waals surface area contributed by atoms with Crippen LogP contribution in [0.1, 0.15) is 19.4 Å². The lowest BCUT2D eigenvalue weighted by Gasteiger charge is -2.23. The minimum Gasteiger partial charge on any atom is -0.494 e. The number of hydrogen-bond donors (Lipinski definition) is 0.